The molecule has 0 aliphatic heterocycles. The number of fused-ring (bicyclic) bond motifs is 3. The third-order valence-electron chi connectivity index (χ3n) is 7.08. The van der Waals surface area contributed by atoms with Crippen molar-refractivity contribution in [1.82, 2.24) is 5.32 Å². The van der Waals surface area contributed by atoms with Gasteiger partial charge in [0.1, 0.15) is 5.75 Å². The average Bonchev–Trinajstić information content (AvgIpc) is 3.34. The minimum absolute atomic E-state index is 0.337. The van der Waals surface area contributed by atoms with Crippen LogP contribution in [0, 0.1) is 25.7 Å². The van der Waals surface area contributed by atoms with Gasteiger partial charge in [-0.1, -0.05) is 35.9 Å². The second kappa shape index (κ2) is 9.66. The number of hydrogen-bond donors (Lipinski definition) is 1. The van der Waals surface area contributed by atoms with Gasteiger partial charge in [0.05, 0.1) is 0 Å². The quantitative estimate of drug-likeness (QED) is 0.269. The third-order valence-corrected chi connectivity index (χ3v) is 8.08. The van der Waals surface area contributed by atoms with Crippen LogP contribution in [0.5, 0.6) is 5.75 Å². The molecular formula is C29H31NO2S. The maximum Gasteiger partial charge on any atom is 0.336 e. The molecule has 3 nitrogen and oxygen atoms in total. The lowest BCUT2D eigenvalue weighted by Gasteiger charge is -2.23. The summed E-state index contributed by atoms with van der Waals surface area (Å²) in [6, 6.07) is 19.3. The second-order valence-corrected chi connectivity index (χ2v) is 10.9. The molecule has 3 atom stereocenters. The van der Waals surface area contributed by atoms with E-state index in [1.807, 2.05) is 41.7 Å². The molecule has 4 heteroatoms. The predicted octanol–water partition coefficient (Wildman–Crippen LogP) is 6.27. The van der Waals surface area contributed by atoms with Crippen molar-refractivity contribution < 1.29 is 9.53 Å². The molecule has 2 aliphatic rings. The highest BCUT2D eigenvalue weighted by molar-refractivity contribution is 7.11. The molecule has 1 saturated carbocycles. The molecule has 170 valence electrons. The van der Waals surface area contributed by atoms with E-state index < -0.39 is 0 Å². The number of nitrogens with one attached hydrogen (secondary N) is 1. The van der Waals surface area contributed by atoms with E-state index in [4.69, 9.17) is 4.74 Å². The molecule has 0 saturated heterocycles. The van der Waals surface area contributed by atoms with Crippen molar-refractivity contribution in [3.8, 4) is 5.75 Å². The summed E-state index contributed by atoms with van der Waals surface area (Å²) in [6.07, 6.45) is 8.03. The topological polar surface area (TPSA) is 38.3 Å². The van der Waals surface area contributed by atoms with Crippen LogP contribution in [-0.4, -0.2) is 12.0 Å². The summed E-state index contributed by atoms with van der Waals surface area (Å²) in [4.78, 5) is 15.2. The predicted molar refractivity (Wildman–Crippen MR) is 136 cm³/mol. The number of rotatable bonds is 6. The molecule has 1 fully saturated rings. The van der Waals surface area contributed by atoms with Crippen LogP contribution >= 0.6 is 11.3 Å². The van der Waals surface area contributed by atoms with E-state index in [0.717, 1.165) is 24.9 Å². The van der Waals surface area contributed by atoms with Crippen LogP contribution in [0.2, 0.25) is 0 Å². The molecule has 3 aromatic rings. The number of carbonyl (C=O) groups excluding carboxylic acids is 1. The number of hydrogen-bond acceptors (Lipinski definition) is 4. The maximum absolute atomic E-state index is 12.4. The number of esters is 1. The zero-order chi connectivity index (χ0) is 22.8. The van der Waals surface area contributed by atoms with E-state index in [-0.39, 0.29) is 5.97 Å². The van der Waals surface area contributed by atoms with E-state index in [9.17, 15) is 4.79 Å². The first-order valence-corrected chi connectivity index (χ1v) is 12.7. The lowest BCUT2D eigenvalue weighted by atomic mass is 9.93. The zero-order valence-electron chi connectivity index (χ0n) is 19.3. The fourth-order valence-electron chi connectivity index (χ4n) is 5.37. The largest absolute Gasteiger partial charge is 0.423 e. The molecule has 0 spiro atoms. The minimum Gasteiger partial charge on any atom is -0.423 e. The fourth-order valence-corrected chi connectivity index (χ4v) is 6.22. The van der Waals surface area contributed by atoms with E-state index in [1.54, 1.807) is 6.08 Å². The number of carbonyl (C=O) groups is 1. The standard InChI is InChI=1S/C29H31NO2S/c1-19-3-6-21(7-4-19)8-14-28(31)32-26-12-11-22-15-23-9-10-24(16-25(22)17-26)29(23)30-18-27-13-5-20(2)33-27/h3-8,11-14,17,23-24,29-30H,9-10,15-16,18H2,1-2H3/b14-8+/t23-,24+,29+/m0/s1. The Bertz CT molecular complexity index is 1160. The van der Waals surface area contributed by atoms with Crippen molar-refractivity contribution in [2.75, 3.05) is 0 Å². The molecule has 1 heterocycles. The van der Waals surface area contributed by atoms with Crippen LogP contribution in [0.3, 0.4) is 0 Å². The maximum atomic E-state index is 12.4. The molecule has 1 N–H and O–H groups in total. The van der Waals surface area contributed by atoms with Crippen LogP contribution in [-0.2, 0) is 24.2 Å². The van der Waals surface area contributed by atoms with Crippen molar-refractivity contribution >= 4 is 23.4 Å². The van der Waals surface area contributed by atoms with Gasteiger partial charge in [0, 0.05) is 28.4 Å². The molecular weight excluding hydrogens is 426 g/mol. The van der Waals surface area contributed by atoms with E-state index in [2.05, 4.69) is 43.4 Å². The second-order valence-electron chi connectivity index (χ2n) is 9.52. The fraction of sp³-hybridized carbons (Fsp3) is 0.345. The van der Waals surface area contributed by atoms with Crippen molar-refractivity contribution in [2.24, 2.45) is 11.8 Å². The molecule has 2 aromatic carbocycles. The highest BCUT2D eigenvalue weighted by Crippen LogP contribution is 2.41. The Morgan fingerprint density at radius 3 is 2.48 bits per heavy atom. The average molecular weight is 458 g/mol. The smallest absolute Gasteiger partial charge is 0.336 e. The van der Waals surface area contributed by atoms with Crippen molar-refractivity contribution in [3.05, 3.63) is 92.7 Å². The SMILES string of the molecule is Cc1ccc(/C=C/C(=O)Oc2ccc3c(c2)C[C@H]2CC[C@@H](C3)[C@H]2NCc2ccc(C)s2)cc1. The Morgan fingerprint density at radius 2 is 1.76 bits per heavy atom. The van der Waals surface area contributed by atoms with Crippen molar-refractivity contribution in [2.45, 2.75) is 52.1 Å². The van der Waals surface area contributed by atoms with E-state index >= 15 is 0 Å². The van der Waals surface area contributed by atoms with Gasteiger partial charge >= 0.3 is 5.97 Å². The first kappa shape index (κ1) is 22.1. The summed E-state index contributed by atoms with van der Waals surface area (Å²) < 4.78 is 5.64. The van der Waals surface area contributed by atoms with E-state index in [1.165, 1.54) is 45.4 Å². The Kier molecular flexibility index (Phi) is 6.48. The van der Waals surface area contributed by atoms with Gasteiger partial charge in [-0.3, -0.25) is 0 Å². The van der Waals surface area contributed by atoms with Gasteiger partial charge in [0.2, 0.25) is 0 Å². The van der Waals surface area contributed by atoms with Crippen LogP contribution in [0.4, 0.5) is 0 Å². The minimum atomic E-state index is -0.337. The monoisotopic (exact) mass is 457 g/mol. The highest BCUT2D eigenvalue weighted by atomic mass is 32.1. The Morgan fingerprint density at radius 1 is 1.00 bits per heavy atom. The first-order chi connectivity index (χ1) is 16.0. The molecule has 2 aliphatic carbocycles. The number of thiophene rings is 1. The van der Waals surface area contributed by atoms with Gasteiger partial charge < -0.3 is 10.1 Å². The Labute approximate surface area is 200 Å². The Balaban J connectivity index is 1.23. The normalized spacial score (nSPS) is 21.7. The summed E-state index contributed by atoms with van der Waals surface area (Å²) in [5.74, 6) is 1.63. The summed E-state index contributed by atoms with van der Waals surface area (Å²) in [5.41, 5.74) is 4.95. The summed E-state index contributed by atoms with van der Waals surface area (Å²) >= 11 is 1.89. The van der Waals surface area contributed by atoms with Gasteiger partial charge in [-0.2, -0.15) is 0 Å². The summed E-state index contributed by atoms with van der Waals surface area (Å²) in [5, 5.41) is 3.89. The van der Waals surface area contributed by atoms with Crippen LogP contribution < -0.4 is 10.1 Å². The van der Waals surface area contributed by atoms with Crippen LogP contribution in [0.25, 0.3) is 6.08 Å². The third kappa shape index (κ3) is 5.29. The molecule has 0 unspecified atom stereocenters. The van der Waals surface area contributed by atoms with Crippen LogP contribution in [0.1, 0.15) is 44.8 Å². The van der Waals surface area contributed by atoms with Gasteiger partial charge in [-0.15, -0.1) is 11.3 Å². The summed E-state index contributed by atoms with van der Waals surface area (Å²) in [7, 11) is 0. The van der Waals surface area contributed by atoms with Gasteiger partial charge in [-0.05, 0) is 98.4 Å². The number of aryl methyl sites for hydroxylation is 2. The first-order valence-electron chi connectivity index (χ1n) is 11.9. The lowest BCUT2D eigenvalue weighted by molar-refractivity contribution is -0.128. The molecule has 0 radical (unpaired) electrons. The van der Waals surface area contributed by atoms with Crippen molar-refractivity contribution in [3.63, 3.8) is 0 Å². The number of ether oxygens (including phenoxy) is 1. The van der Waals surface area contributed by atoms with Gasteiger partial charge in [0.15, 0.2) is 0 Å². The zero-order valence-corrected chi connectivity index (χ0v) is 20.2. The molecule has 1 aromatic heterocycles. The van der Waals surface area contributed by atoms with Gasteiger partial charge in [-0.25, -0.2) is 4.79 Å². The number of benzene rings is 2. The molecule has 33 heavy (non-hydrogen) atoms. The molecule has 5 rings (SSSR count). The Hall–Kier alpha value is -2.69. The van der Waals surface area contributed by atoms with Crippen molar-refractivity contribution in [1.29, 1.82) is 0 Å². The summed E-state index contributed by atoms with van der Waals surface area (Å²) in [6.45, 7) is 5.18. The van der Waals surface area contributed by atoms with E-state index in [0.29, 0.717) is 23.6 Å². The highest BCUT2D eigenvalue weighted by Gasteiger charge is 2.38. The molecule has 2 bridgehead atoms. The molecule has 0 amide bonds. The van der Waals surface area contributed by atoms with Gasteiger partial charge in [0.25, 0.3) is 0 Å². The lowest BCUT2D eigenvalue weighted by Crippen LogP contribution is -2.37. The van der Waals surface area contributed by atoms with Crippen LogP contribution in [0.15, 0.2) is 60.7 Å².